The summed E-state index contributed by atoms with van der Waals surface area (Å²) in [6.07, 6.45) is 28.9. The first-order valence-electron chi connectivity index (χ1n) is 10.7. The van der Waals surface area contributed by atoms with Gasteiger partial charge in [0.2, 0.25) is 0 Å². The number of hydrogen-bond donors (Lipinski definition) is 0. The molecule has 0 aromatic carbocycles. The van der Waals surface area contributed by atoms with E-state index in [0.717, 1.165) is 19.3 Å². The second-order valence-corrected chi connectivity index (χ2v) is 6.97. The number of ether oxygens (including phenoxy) is 1. The third-order valence-corrected chi connectivity index (χ3v) is 4.56. The van der Waals surface area contributed by atoms with Gasteiger partial charge in [0, 0.05) is 6.42 Å². The van der Waals surface area contributed by atoms with Gasteiger partial charge in [-0.3, -0.25) is 4.79 Å². The summed E-state index contributed by atoms with van der Waals surface area (Å²) >= 11 is 0. The molecule has 0 radical (unpaired) electrons. The van der Waals surface area contributed by atoms with Gasteiger partial charge in [0.15, 0.2) is 0 Å². The Morgan fingerprint density at radius 2 is 1.16 bits per heavy atom. The Balaban J connectivity index is 3.15. The van der Waals surface area contributed by atoms with Gasteiger partial charge in [-0.2, -0.15) is 0 Å². The van der Waals surface area contributed by atoms with E-state index in [0.29, 0.717) is 6.42 Å². The van der Waals surface area contributed by atoms with Crippen molar-refractivity contribution >= 4 is 5.97 Å². The summed E-state index contributed by atoms with van der Waals surface area (Å²) in [6, 6.07) is 0. The van der Waals surface area contributed by atoms with E-state index in [4.69, 9.17) is 0 Å². The third kappa shape index (κ3) is 20.9. The van der Waals surface area contributed by atoms with E-state index in [1.165, 1.54) is 84.2 Å². The van der Waals surface area contributed by atoms with Gasteiger partial charge in [-0.05, 0) is 38.5 Å². The predicted molar refractivity (Wildman–Crippen MR) is 110 cm³/mol. The van der Waals surface area contributed by atoms with E-state index >= 15 is 0 Å². The van der Waals surface area contributed by atoms with Crippen LogP contribution >= 0.6 is 0 Å². The van der Waals surface area contributed by atoms with Crippen LogP contribution < -0.4 is 0 Å². The van der Waals surface area contributed by atoms with Crippen LogP contribution in [-0.4, -0.2) is 13.1 Å². The highest BCUT2D eigenvalue weighted by molar-refractivity contribution is 5.68. The molecule has 0 spiro atoms. The van der Waals surface area contributed by atoms with E-state index in [-0.39, 0.29) is 5.97 Å². The fraction of sp³-hybridized carbons (Fsp3) is 0.783. The van der Waals surface area contributed by atoms with Crippen LogP contribution in [0.2, 0.25) is 0 Å². The summed E-state index contributed by atoms with van der Waals surface area (Å²) in [5, 5.41) is 0. The maximum absolute atomic E-state index is 11.0. The summed E-state index contributed by atoms with van der Waals surface area (Å²) in [6.45, 7) is 2.25. The van der Waals surface area contributed by atoms with Gasteiger partial charge in [0.25, 0.3) is 0 Å². The molecule has 0 bridgehead atoms. The first-order valence-corrected chi connectivity index (χ1v) is 10.7. The maximum atomic E-state index is 11.0. The molecule has 0 heterocycles. The minimum atomic E-state index is -0.0722. The molecule has 0 atom stereocenters. The summed E-state index contributed by atoms with van der Waals surface area (Å²) in [4.78, 5) is 11.0. The van der Waals surface area contributed by atoms with Crippen molar-refractivity contribution < 1.29 is 9.53 Å². The second-order valence-electron chi connectivity index (χ2n) is 6.97. The average Bonchev–Trinajstić information content (AvgIpc) is 2.63. The topological polar surface area (TPSA) is 26.3 Å². The van der Waals surface area contributed by atoms with Gasteiger partial charge in [0.1, 0.15) is 0 Å². The van der Waals surface area contributed by atoms with Gasteiger partial charge in [-0.25, -0.2) is 0 Å². The Bertz CT molecular complexity index is 331. The molecule has 146 valence electrons. The maximum Gasteiger partial charge on any atom is 0.305 e. The number of carbonyl (C=O) groups is 1. The zero-order valence-corrected chi connectivity index (χ0v) is 16.9. The molecule has 25 heavy (non-hydrogen) atoms. The van der Waals surface area contributed by atoms with E-state index in [2.05, 4.69) is 36.0 Å². The first kappa shape index (κ1) is 23.9. The van der Waals surface area contributed by atoms with Crippen molar-refractivity contribution in [1.29, 1.82) is 0 Å². The lowest BCUT2D eigenvalue weighted by molar-refractivity contribution is -0.140. The molecule has 0 aliphatic heterocycles. The highest BCUT2D eigenvalue weighted by Crippen LogP contribution is 2.11. The molecule has 2 heteroatoms. The summed E-state index contributed by atoms with van der Waals surface area (Å²) in [5.74, 6) is -0.0722. The molecule has 0 aliphatic carbocycles. The highest BCUT2D eigenvalue weighted by atomic mass is 16.5. The molecule has 0 saturated carbocycles. The lowest BCUT2D eigenvalue weighted by Gasteiger charge is -2.02. The van der Waals surface area contributed by atoms with Crippen LogP contribution in [0.3, 0.4) is 0 Å². The molecular formula is C23H42O2. The van der Waals surface area contributed by atoms with Crippen molar-refractivity contribution in [3.05, 3.63) is 24.3 Å². The Hall–Kier alpha value is -1.05. The molecule has 0 fully saturated rings. The number of methoxy groups -OCH3 is 1. The predicted octanol–water partition coefficient (Wildman–Crippen LogP) is 7.53. The molecule has 0 aliphatic rings. The third-order valence-electron chi connectivity index (χ3n) is 4.56. The molecule has 0 aromatic rings. The Morgan fingerprint density at radius 1 is 0.680 bits per heavy atom. The minimum absolute atomic E-state index is 0.0722. The summed E-state index contributed by atoms with van der Waals surface area (Å²) in [5.41, 5.74) is 0. The van der Waals surface area contributed by atoms with Crippen LogP contribution in [0.25, 0.3) is 0 Å². The zero-order valence-electron chi connectivity index (χ0n) is 16.9. The quantitative estimate of drug-likeness (QED) is 0.145. The fourth-order valence-corrected chi connectivity index (χ4v) is 2.89. The molecule has 0 saturated heterocycles. The van der Waals surface area contributed by atoms with E-state index in [1.807, 2.05) is 0 Å². The molecule has 0 amide bonds. The van der Waals surface area contributed by atoms with E-state index in [9.17, 15) is 4.79 Å². The van der Waals surface area contributed by atoms with Gasteiger partial charge in [-0.15, -0.1) is 0 Å². The fourth-order valence-electron chi connectivity index (χ4n) is 2.89. The lowest BCUT2D eigenvalue weighted by atomic mass is 10.1. The number of carbonyl (C=O) groups excluding carboxylic acids is 1. The monoisotopic (exact) mass is 350 g/mol. The summed E-state index contributed by atoms with van der Waals surface area (Å²) in [7, 11) is 1.46. The number of allylic oxidation sites excluding steroid dienone is 4. The van der Waals surface area contributed by atoms with Crippen molar-refractivity contribution in [3.8, 4) is 0 Å². The molecule has 2 nitrogen and oxygen atoms in total. The Morgan fingerprint density at radius 3 is 1.68 bits per heavy atom. The Kier molecular flexibility index (Phi) is 20.1. The number of esters is 1. The Labute approximate surface area is 157 Å². The second kappa shape index (κ2) is 21.0. The van der Waals surface area contributed by atoms with Crippen molar-refractivity contribution in [2.45, 2.75) is 110 Å². The molecule has 0 unspecified atom stereocenters. The molecule has 0 N–H and O–H groups in total. The van der Waals surface area contributed by atoms with Crippen molar-refractivity contribution in [3.63, 3.8) is 0 Å². The van der Waals surface area contributed by atoms with Crippen LogP contribution in [0.1, 0.15) is 110 Å². The normalized spacial score (nSPS) is 11.6. The number of rotatable bonds is 18. The molecule has 0 aromatic heterocycles. The van der Waals surface area contributed by atoms with Gasteiger partial charge in [-0.1, -0.05) is 89.0 Å². The van der Waals surface area contributed by atoms with Crippen molar-refractivity contribution in [1.82, 2.24) is 0 Å². The smallest absolute Gasteiger partial charge is 0.305 e. The van der Waals surface area contributed by atoms with Gasteiger partial charge < -0.3 is 4.74 Å². The van der Waals surface area contributed by atoms with E-state index in [1.54, 1.807) is 0 Å². The van der Waals surface area contributed by atoms with Crippen LogP contribution in [0, 0.1) is 0 Å². The lowest BCUT2D eigenvalue weighted by Crippen LogP contribution is -1.99. The van der Waals surface area contributed by atoms with Crippen LogP contribution in [0.4, 0.5) is 0 Å². The average molecular weight is 351 g/mol. The largest absolute Gasteiger partial charge is 0.469 e. The van der Waals surface area contributed by atoms with Crippen molar-refractivity contribution in [2.24, 2.45) is 0 Å². The van der Waals surface area contributed by atoms with E-state index < -0.39 is 0 Å². The zero-order chi connectivity index (χ0) is 18.4. The molecule has 0 rings (SSSR count). The standard InChI is InChI=1S/C23H42O2/c1-3-4-5-6-7-8-9-10-11-12-13-14-15-16-17-18-19-20-21-22-23(24)25-2/h7-8,10-11H,3-6,9,12-22H2,1-2H3/b8-7-,11-10+. The van der Waals surface area contributed by atoms with Crippen LogP contribution in [0.15, 0.2) is 24.3 Å². The van der Waals surface area contributed by atoms with Gasteiger partial charge in [0.05, 0.1) is 7.11 Å². The van der Waals surface area contributed by atoms with Gasteiger partial charge >= 0.3 is 5.97 Å². The van der Waals surface area contributed by atoms with Crippen LogP contribution in [-0.2, 0) is 9.53 Å². The highest BCUT2D eigenvalue weighted by Gasteiger charge is 1.98. The number of hydrogen-bond acceptors (Lipinski definition) is 2. The van der Waals surface area contributed by atoms with Crippen molar-refractivity contribution in [2.75, 3.05) is 7.11 Å². The molecular weight excluding hydrogens is 308 g/mol. The SMILES string of the molecule is CCCCC/C=C\C/C=C/CCCCCCCCCCCC(=O)OC. The van der Waals surface area contributed by atoms with Crippen LogP contribution in [0.5, 0.6) is 0 Å². The summed E-state index contributed by atoms with van der Waals surface area (Å²) < 4.78 is 4.64. The number of unbranched alkanes of at least 4 members (excludes halogenated alkanes) is 12. The first-order chi connectivity index (χ1) is 12.3. The minimum Gasteiger partial charge on any atom is -0.469 e.